The highest BCUT2D eigenvalue weighted by atomic mass is 35.5. The Morgan fingerprint density at radius 2 is 2.04 bits per heavy atom. The quantitative estimate of drug-likeness (QED) is 0.369. The number of carbonyl (C=O) groups is 1. The first-order valence-corrected chi connectivity index (χ1v) is 7.73. The maximum atomic E-state index is 13.2. The molecular formula is C17H9ClFN3O5. The summed E-state index contributed by atoms with van der Waals surface area (Å²) < 4.78 is 23.4. The fraction of sp³-hybridized carbons (Fsp3) is 0.0588. The number of ether oxygens (including phenoxy) is 2. The largest absolute Gasteiger partial charge is 0.454 e. The van der Waals surface area contributed by atoms with E-state index in [0.29, 0.717) is 0 Å². The number of benzene rings is 2. The number of anilines is 1. The average Bonchev–Trinajstić information content (AvgIpc) is 3.09. The van der Waals surface area contributed by atoms with Crippen LogP contribution in [0, 0.1) is 27.3 Å². The summed E-state index contributed by atoms with van der Waals surface area (Å²) in [6.07, 6.45) is 1.06. The van der Waals surface area contributed by atoms with Crippen LogP contribution in [0.15, 0.2) is 35.9 Å². The number of nitrogens with zero attached hydrogens (tertiary/aromatic N) is 2. The lowest BCUT2D eigenvalue weighted by molar-refractivity contribution is -0.385. The van der Waals surface area contributed by atoms with E-state index in [1.165, 1.54) is 18.2 Å². The molecule has 0 saturated carbocycles. The summed E-state index contributed by atoms with van der Waals surface area (Å²) in [7, 11) is 0. The SMILES string of the molecule is N#C/C(=C/c1cc2c(cc1[N+](=O)[O-])OCO2)C(=O)Nc1ccc(F)c(Cl)c1. The molecule has 10 heteroatoms. The average molecular weight is 390 g/mol. The van der Waals surface area contributed by atoms with E-state index in [-0.39, 0.29) is 40.3 Å². The predicted molar refractivity (Wildman–Crippen MR) is 92.8 cm³/mol. The summed E-state index contributed by atoms with van der Waals surface area (Å²) in [6.45, 7) is -0.0867. The van der Waals surface area contributed by atoms with Crippen LogP contribution in [0.1, 0.15) is 5.56 Å². The van der Waals surface area contributed by atoms with E-state index in [2.05, 4.69) is 5.32 Å². The lowest BCUT2D eigenvalue weighted by Gasteiger charge is -2.06. The minimum absolute atomic E-state index is 0.00640. The second-order valence-corrected chi connectivity index (χ2v) is 5.68. The number of fused-ring (bicyclic) bond motifs is 1. The molecule has 3 rings (SSSR count). The first-order chi connectivity index (χ1) is 12.9. The molecule has 2 aromatic carbocycles. The van der Waals surface area contributed by atoms with Gasteiger partial charge in [-0.1, -0.05) is 11.6 Å². The van der Waals surface area contributed by atoms with Gasteiger partial charge in [0.1, 0.15) is 17.5 Å². The van der Waals surface area contributed by atoms with Crippen LogP contribution in [-0.2, 0) is 4.79 Å². The molecule has 0 fully saturated rings. The molecule has 1 aliphatic rings. The molecule has 8 nitrogen and oxygen atoms in total. The zero-order chi connectivity index (χ0) is 19.6. The van der Waals surface area contributed by atoms with Crippen molar-refractivity contribution in [3.05, 3.63) is 62.4 Å². The van der Waals surface area contributed by atoms with Crippen molar-refractivity contribution in [3.8, 4) is 17.6 Å². The summed E-state index contributed by atoms with van der Waals surface area (Å²) in [6, 6.07) is 7.62. The van der Waals surface area contributed by atoms with Crippen molar-refractivity contribution in [2.24, 2.45) is 0 Å². The van der Waals surface area contributed by atoms with Crippen molar-refractivity contribution in [1.29, 1.82) is 5.26 Å². The minimum Gasteiger partial charge on any atom is -0.454 e. The number of nitrogens with one attached hydrogen (secondary N) is 1. The second kappa shape index (κ2) is 7.31. The molecule has 0 atom stereocenters. The second-order valence-electron chi connectivity index (χ2n) is 5.27. The maximum Gasteiger partial charge on any atom is 0.280 e. The molecule has 0 unspecified atom stereocenters. The smallest absolute Gasteiger partial charge is 0.280 e. The van der Waals surface area contributed by atoms with E-state index in [1.54, 1.807) is 6.07 Å². The highest BCUT2D eigenvalue weighted by Gasteiger charge is 2.23. The summed E-state index contributed by atoms with van der Waals surface area (Å²) >= 11 is 5.64. The normalized spacial score (nSPS) is 12.4. The van der Waals surface area contributed by atoms with Crippen molar-refractivity contribution < 1.29 is 23.6 Å². The highest BCUT2D eigenvalue weighted by Crippen LogP contribution is 2.38. The Balaban J connectivity index is 1.94. The number of nitro benzene ring substituents is 1. The lowest BCUT2D eigenvalue weighted by Crippen LogP contribution is -2.13. The Morgan fingerprint density at radius 3 is 2.67 bits per heavy atom. The molecule has 1 N–H and O–H groups in total. The molecule has 1 aliphatic heterocycles. The number of nitro groups is 1. The van der Waals surface area contributed by atoms with Gasteiger partial charge in [0, 0.05) is 5.69 Å². The van der Waals surface area contributed by atoms with Crippen LogP contribution in [0.25, 0.3) is 6.08 Å². The van der Waals surface area contributed by atoms with Gasteiger partial charge in [-0.2, -0.15) is 5.26 Å². The van der Waals surface area contributed by atoms with E-state index >= 15 is 0 Å². The van der Waals surface area contributed by atoms with Gasteiger partial charge >= 0.3 is 0 Å². The Bertz CT molecular complexity index is 1030. The van der Waals surface area contributed by atoms with Crippen molar-refractivity contribution in [1.82, 2.24) is 0 Å². The summed E-state index contributed by atoms with van der Waals surface area (Å²) in [5, 5.41) is 22.7. The molecule has 136 valence electrons. The van der Waals surface area contributed by atoms with Crippen LogP contribution >= 0.6 is 11.6 Å². The summed E-state index contributed by atoms with van der Waals surface area (Å²) in [5.41, 5.74) is -0.608. The third-order valence-electron chi connectivity index (χ3n) is 3.56. The third kappa shape index (κ3) is 3.80. The molecule has 0 spiro atoms. The van der Waals surface area contributed by atoms with Gasteiger partial charge in [0.25, 0.3) is 11.6 Å². The zero-order valence-electron chi connectivity index (χ0n) is 13.4. The monoisotopic (exact) mass is 389 g/mol. The van der Waals surface area contributed by atoms with Crippen LogP contribution in [0.4, 0.5) is 15.8 Å². The zero-order valence-corrected chi connectivity index (χ0v) is 14.1. The number of amides is 1. The standard InChI is InChI=1S/C17H9ClFN3O5/c18-12-5-11(1-2-13(12)19)21-17(23)10(7-20)3-9-4-15-16(27-8-26-15)6-14(9)22(24)25/h1-6H,8H2,(H,21,23)/b10-3-. The van der Waals surface area contributed by atoms with Crippen molar-refractivity contribution in [2.45, 2.75) is 0 Å². The van der Waals surface area contributed by atoms with Gasteiger partial charge in [0.2, 0.25) is 6.79 Å². The van der Waals surface area contributed by atoms with Gasteiger partial charge in [-0.15, -0.1) is 0 Å². The van der Waals surface area contributed by atoms with Crippen LogP contribution in [-0.4, -0.2) is 17.6 Å². The van der Waals surface area contributed by atoms with Gasteiger partial charge in [-0.25, -0.2) is 4.39 Å². The lowest BCUT2D eigenvalue weighted by atomic mass is 10.1. The minimum atomic E-state index is -0.841. The fourth-order valence-corrected chi connectivity index (χ4v) is 2.48. The number of halogens is 2. The van der Waals surface area contributed by atoms with Crippen LogP contribution in [0.2, 0.25) is 5.02 Å². The van der Waals surface area contributed by atoms with Gasteiger partial charge in [-0.3, -0.25) is 14.9 Å². The van der Waals surface area contributed by atoms with Crippen molar-refractivity contribution >= 4 is 35.0 Å². The maximum absolute atomic E-state index is 13.2. The van der Waals surface area contributed by atoms with Gasteiger partial charge < -0.3 is 14.8 Å². The third-order valence-corrected chi connectivity index (χ3v) is 3.85. The Kier molecular flexibility index (Phi) is 4.92. The molecule has 0 bridgehead atoms. The number of hydrogen-bond acceptors (Lipinski definition) is 6. The Morgan fingerprint density at radius 1 is 1.33 bits per heavy atom. The van der Waals surface area contributed by atoms with E-state index in [9.17, 15) is 24.6 Å². The van der Waals surface area contributed by atoms with E-state index in [4.69, 9.17) is 21.1 Å². The molecule has 0 aromatic heterocycles. The fourth-order valence-electron chi connectivity index (χ4n) is 2.30. The van der Waals surface area contributed by atoms with E-state index in [0.717, 1.165) is 18.2 Å². The number of carbonyl (C=O) groups excluding carboxylic acids is 1. The van der Waals surface area contributed by atoms with Crippen LogP contribution in [0.3, 0.4) is 0 Å². The topological polar surface area (TPSA) is 114 Å². The highest BCUT2D eigenvalue weighted by molar-refractivity contribution is 6.31. The molecule has 0 radical (unpaired) electrons. The van der Waals surface area contributed by atoms with Crippen LogP contribution < -0.4 is 14.8 Å². The molecule has 1 amide bonds. The number of rotatable bonds is 4. The van der Waals surface area contributed by atoms with Crippen molar-refractivity contribution in [3.63, 3.8) is 0 Å². The Hall–Kier alpha value is -3.64. The van der Waals surface area contributed by atoms with Crippen LogP contribution in [0.5, 0.6) is 11.5 Å². The van der Waals surface area contributed by atoms with E-state index < -0.39 is 22.2 Å². The molecule has 27 heavy (non-hydrogen) atoms. The van der Waals surface area contributed by atoms with Gasteiger partial charge in [-0.05, 0) is 30.3 Å². The summed E-state index contributed by atoms with van der Waals surface area (Å²) in [4.78, 5) is 22.9. The molecule has 0 aliphatic carbocycles. The number of nitriles is 1. The number of hydrogen-bond donors (Lipinski definition) is 1. The van der Waals surface area contributed by atoms with E-state index in [1.807, 2.05) is 0 Å². The molecule has 1 heterocycles. The van der Waals surface area contributed by atoms with Crippen molar-refractivity contribution in [2.75, 3.05) is 12.1 Å². The van der Waals surface area contributed by atoms with Gasteiger partial charge in [0.05, 0.1) is 21.6 Å². The molecular weight excluding hydrogens is 381 g/mol. The summed E-state index contributed by atoms with van der Waals surface area (Å²) in [5.74, 6) is -1.05. The molecule has 0 saturated heterocycles. The van der Waals surface area contributed by atoms with Gasteiger partial charge in [0.15, 0.2) is 11.5 Å². The molecule has 2 aromatic rings. The Labute approximate surface area is 156 Å². The first-order valence-electron chi connectivity index (χ1n) is 7.35. The predicted octanol–water partition coefficient (Wildman–Crippen LogP) is 3.66. The first kappa shape index (κ1) is 18.2.